The molecular formula is C16H22N2O6S. The first-order valence-electron chi connectivity index (χ1n) is 7.74. The Morgan fingerprint density at radius 3 is 2.40 bits per heavy atom. The first-order valence-corrected chi connectivity index (χ1v) is 9.39. The number of ether oxygens (including phenoxy) is 1. The molecule has 0 aliphatic rings. The number of benzene rings is 1. The summed E-state index contributed by atoms with van der Waals surface area (Å²) in [5, 5.41) is 4.49. The molecule has 2 N–H and O–H groups in total. The van der Waals surface area contributed by atoms with Crippen molar-refractivity contribution < 1.29 is 27.5 Å². The van der Waals surface area contributed by atoms with Crippen LogP contribution in [0.15, 0.2) is 29.2 Å². The minimum atomic E-state index is -3.61. The molecule has 3 amide bonds. The molecule has 1 rings (SSSR count). The van der Waals surface area contributed by atoms with Crippen molar-refractivity contribution >= 4 is 27.7 Å². The Bertz CT molecular complexity index is 743. The standard InChI is InChI=1S/C16H22N2O6S/c1-4-25(22,23)13-8-6-5-7-12(13)15(20)24-10-14(19)18-16(21)17-9-11(2)3/h5-8,11H,4,9-10H2,1-3H3,(H2,17,18,19,21). The molecule has 0 spiro atoms. The molecule has 1 aromatic rings. The van der Waals surface area contributed by atoms with Crippen LogP contribution in [0.2, 0.25) is 0 Å². The molecule has 0 saturated heterocycles. The molecule has 25 heavy (non-hydrogen) atoms. The van der Waals surface area contributed by atoms with Gasteiger partial charge in [-0.2, -0.15) is 0 Å². The summed E-state index contributed by atoms with van der Waals surface area (Å²) in [4.78, 5) is 34.9. The lowest BCUT2D eigenvalue weighted by molar-refractivity contribution is -0.123. The lowest BCUT2D eigenvalue weighted by Crippen LogP contribution is -2.42. The van der Waals surface area contributed by atoms with E-state index in [1.807, 2.05) is 19.2 Å². The minimum absolute atomic E-state index is 0.151. The summed E-state index contributed by atoms with van der Waals surface area (Å²) >= 11 is 0. The first-order chi connectivity index (χ1) is 11.7. The van der Waals surface area contributed by atoms with E-state index in [1.54, 1.807) is 0 Å². The highest BCUT2D eigenvalue weighted by molar-refractivity contribution is 7.91. The first kappa shape index (κ1) is 20.6. The zero-order valence-corrected chi connectivity index (χ0v) is 15.2. The smallest absolute Gasteiger partial charge is 0.339 e. The molecule has 1 aromatic carbocycles. The maximum atomic E-state index is 12.1. The van der Waals surface area contributed by atoms with E-state index in [4.69, 9.17) is 4.74 Å². The Balaban J connectivity index is 2.67. The minimum Gasteiger partial charge on any atom is -0.452 e. The Morgan fingerprint density at radius 2 is 1.80 bits per heavy atom. The van der Waals surface area contributed by atoms with Crippen LogP contribution in [-0.2, 0) is 19.4 Å². The van der Waals surface area contributed by atoms with Gasteiger partial charge in [-0.05, 0) is 18.1 Å². The third kappa shape index (κ3) is 6.54. The molecule has 0 unspecified atom stereocenters. The van der Waals surface area contributed by atoms with Crippen LogP contribution in [0.25, 0.3) is 0 Å². The maximum absolute atomic E-state index is 12.1. The number of imide groups is 1. The highest BCUT2D eigenvalue weighted by Crippen LogP contribution is 2.17. The normalized spacial score (nSPS) is 11.0. The summed E-state index contributed by atoms with van der Waals surface area (Å²) < 4.78 is 28.8. The van der Waals surface area contributed by atoms with E-state index in [1.165, 1.54) is 31.2 Å². The third-order valence-electron chi connectivity index (χ3n) is 3.08. The van der Waals surface area contributed by atoms with Gasteiger partial charge < -0.3 is 10.1 Å². The molecular weight excluding hydrogens is 348 g/mol. The molecule has 0 bridgehead atoms. The van der Waals surface area contributed by atoms with Crippen molar-refractivity contribution in [2.45, 2.75) is 25.7 Å². The molecule has 9 heteroatoms. The highest BCUT2D eigenvalue weighted by Gasteiger charge is 2.22. The number of carbonyl (C=O) groups is 3. The molecule has 0 fully saturated rings. The Kier molecular flexibility index (Phi) is 7.56. The molecule has 0 aromatic heterocycles. The molecule has 0 radical (unpaired) electrons. The topological polar surface area (TPSA) is 119 Å². The van der Waals surface area contributed by atoms with Crippen molar-refractivity contribution in [1.82, 2.24) is 10.6 Å². The number of urea groups is 1. The number of rotatable bonds is 7. The van der Waals surface area contributed by atoms with E-state index in [9.17, 15) is 22.8 Å². The van der Waals surface area contributed by atoms with Gasteiger partial charge >= 0.3 is 12.0 Å². The summed E-state index contributed by atoms with van der Waals surface area (Å²) in [6.45, 7) is 4.94. The van der Waals surface area contributed by atoms with Crippen LogP contribution in [-0.4, -0.2) is 45.2 Å². The van der Waals surface area contributed by atoms with Crippen molar-refractivity contribution in [3.05, 3.63) is 29.8 Å². The van der Waals surface area contributed by atoms with Gasteiger partial charge in [-0.15, -0.1) is 0 Å². The van der Waals surface area contributed by atoms with E-state index in [0.29, 0.717) is 6.54 Å². The predicted octanol–water partition coefficient (Wildman–Crippen LogP) is 1.12. The average molecular weight is 370 g/mol. The van der Waals surface area contributed by atoms with Crippen LogP contribution in [0.3, 0.4) is 0 Å². The summed E-state index contributed by atoms with van der Waals surface area (Å²) in [5.41, 5.74) is -0.151. The highest BCUT2D eigenvalue weighted by atomic mass is 32.2. The van der Waals surface area contributed by atoms with Crippen molar-refractivity contribution in [2.75, 3.05) is 18.9 Å². The number of hydrogen-bond acceptors (Lipinski definition) is 6. The van der Waals surface area contributed by atoms with Crippen LogP contribution in [0.4, 0.5) is 4.79 Å². The van der Waals surface area contributed by atoms with Crippen LogP contribution in [0, 0.1) is 5.92 Å². The summed E-state index contributed by atoms with van der Waals surface area (Å²) in [7, 11) is -3.61. The van der Waals surface area contributed by atoms with Gasteiger partial charge in [0, 0.05) is 6.54 Å². The molecule has 0 heterocycles. The third-order valence-corrected chi connectivity index (χ3v) is 4.87. The Morgan fingerprint density at radius 1 is 1.16 bits per heavy atom. The van der Waals surface area contributed by atoms with Crippen molar-refractivity contribution in [2.24, 2.45) is 5.92 Å². The van der Waals surface area contributed by atoms with Gasteiger partial charge in [0.2, 0.25) is 0 Å². The van der Waals surface area contributed by atoms with Crippen molar-refractivity contribution in [3.8, 4) is 0 Å². The molecule has 8 nitrogen and oxygen atoms in total. The molecule has 0 saturated carbocycles. The number of sulfone groups is 1. The van der Waals surface area contributed by atoms with Gasteiger partial charge in [0.15, 0.2) is 16.4 Å². The fourth-order valence-corrected chi connectivity index (χ4v) is 2.86. The second-order valence-electron chi connectivity index (χ2n) is 5.63. The van der Waals surface area contributed by atoms with Crippen molar-refractivity contribution in [1.29, 1.82) is 0 Å². The second kappa shape index (κ2) is 9.16. The van der Waals surface area contributed by atoms with Crippen LogP contribution in [0.5, 0.6) is 0 Å². The zero-order chi connectivity index (χ0) is 19.0. The van der Waals surface area contributed by atoms with Crippen LogP contribution in [0.1, 0.15) is 31.1 Å². The maximum Gasteiger partial charge on any atom is 0.339 e. The van der Waals surface area contributed by atoms with Crippen molar-refractivity contribution in [3.63, 3.8) is 0 Å². The summed E-state index contributed by atoms with van der Waals surface area (Å²) in [6, 6.07) is 4.90. The van der Waals surface area contributed by atoms with Crippen LogP contribution >= 0.6 is 0 Å². The SMILES string of the molecule is CCS(=O)(=O)c1ccccc1C(=O)OCC(=O)NC(=O)NCC(C)C. The number of carbonyl (C=O) groups excluding carboxylic acids is 3. The largest absolute Gasteiger partial charge is 0.452 e. The fraction of sp³-hybridized carbons (Fsp3) is 0.438. The van der Waals surface area contributed by atoms with Gasteiger partial charge in [-0.3, -0.25) is 10.1 Å². The number of hydrogen-bond donors (Lipinski definition) is 2. The van der Waals surface area contributed by atoms with E-state index in [0.717, 1.165) is 0 Å². The number of esters is 1. The van der Waals surface area contributed by atoms with E-state index in [2.05, 4.69) is 5.32 Å². The van der Waals surface area contributed by atoms with Crippen LogP contribution < -0.4 is 10.6 Å². The van der Waals surface area contributed by atoms with E-state index < -0.39 is 34.4 Å². The average Bonchev–Trinajstić information content (AvgIpc) is 2.57. The fourth-order valence-electron chi connectivity index (χ4n) is 1.77. The monoisotopic (exact) mass is 370 g/mol. The second-order valence-corrected chi connectivity index (χ2v) is 7.87. The van der Waals surface area contributed by atoms with Gasteiger partial charge in [0.1, 0.15) is 0 Å². The molecule has 0 atom stereocenters. The Labute approximate surface area is 146 Å². The lowest BCUT2D eigenvalue weighted by atomic mass is 10.2. The predicted molar refractivity (Wildman–Crippen MR) is 90.8 cm³/mol. The van der Waals surface area contributed by atoms with Gasteiger partial charge in [-0.25, -0.2) is 18.0 Å². The molecule has 0 aliphatic heterocycles. The van der Waals surface area contributed by atoms with Gasteiger partial charge in [0.05, 0.1) is 16.2 Å². The lowest BCUT2D eigenvalue weighted by Gasteiger charge is -2.10. The number of amides is 3. The van der Waals surface area contributed by atoms with E-state index >= 15 is 0 Å². The Hall–Kier alpha value is -2.42. The summed E-state index contributed by atoms with van der Waals surface area (Å²) in [6.07, 6.45) is 0. The van der Waals surface area contributed by atoms with Gasteiger partial charge in [0.25, 0.3) is 5.91 Å². The molecule has 138 valence electrons. The molecule has 0 aliphatic carbocycles. The van der Waals surface area contributed by atoms with Gasteiger partial charge in [-0.1, -0.05) is 32.9 Å². The van der Waals surface area contributed by atoms with E-state index in [-0.39, 0.29) is 22.1 Å². The zero-order valence-electron chi connectivity index (χ0n) is 14.4. The number of nitrogens with one attached hydrogen (secondary N) is 2. The quantitative estimate of drug-likeness (QED) is 0.694. The summed E-state index contributed by atoms with van der Waals surface area (Å²) in [5.74, 6) is -1.72.